The minimum Gasteiger partial charge on any atom is -0.351 e. The van der Waals surface area contributed by atoms with Crippen LogP contribution in [0.15, 0.2) is 76.3 Å². The van der Waals surface area contributed by atoms with Crippen molar-refractivity contribution in [3.63, 3.8) is 0 Å². The summed E-state index contributed by atoms with van der Waals surface area (Å²) >= 11 is 13.3. The maximum Gasteiger partial charge on any atom is 0.258 e. The average Bonchev–Trinajstić information content (AvgIpc) is 3.50. The lowest BCUT2D eigenvalue weighted by atomic mass is 9.94. The first-order chi connectivity index (χ1) is 16.0. The molecule has 9 heteroatoms. The molecule has 0 spiro atoms. The molecule has 2 aromatic carbocycles. The largest absolute Gasteiger partial charge is 0.351 e. The molecule has 0 saturated carbocycles. The number of hydrogen-bond acceptors (Lipinski definition) is 5. The molecule has 5 nitrogen and oxygen atoms in total. The second kappa shape index (κ2) is 9.05. The minimum absolute atomic E-state index is 0.271. The van der Waals surface area contributed by atoms with Crippen LogP contribution in [-0.4, -0.2) is 20.2 Å². The number of hydrogen-bond donors (Lipinski definition) is 1. The van der Waals surface area contributed by atoms with E-state index in [0.717, 1.165) is 21.7 Å². The first-order valence-electron chi connectivity index (χ1n) is 10.2. The zero-order valence-corrected chi connectivity index (χ0v) is 19.8. The molecule has 0 bridgehead atoms. The van der Waals surface area contributed by atoms with Gasteiger partial charge in [0.25, 0.3) is 5.89 Å². The maximum absolute atomic E-state index is 14.4. The number of rotatable bonds is 5. The number of halogens is 2. The third-order valence-corrected chi connectivity index (χ3v) is 6.94. The van der Waals surface area contributed by atoms with Crippen LogP contribution in [-0.2, 0) is 6.54 Å². The van der Waals surface area contributed by atoms with E-state index in [1.165, 1.54) is 17.4 Å². The third-order valence-electron chi connectivity index (χ3n) is 5.48. The van der Waals surface area contributed by atoms with Gasteiger partial charge in [0, 0.05) is 16.3 Å². The Kier molecular flexibility index (Phi) is 5.97. The standard InChI is InChI=1S/C24H18ClFN4OS2/c1-14-20(23-28-22(29-31-23)19-7-4-12-33-19)21(15-8-10-17(25)11-9-15)27-24(32)30(14)13-16-5-2-3-6-18(16)26/h2-12,21H,13H2,1H3,(H,27,32). The summed E-state index contributed by atoms with van der Waals surface area (Å²) in [6.07, 6.45) is 0. The second-order valence-corrected chi connectivity index (χ2v) is 9.28. The number of allylic oxidation sites excluding steroid dienone is 1. The summed E-state index contributed by atoms with van der Waals surface area (Å²) in [5, 5.41) is 10.6. The molecule has 4 aromatic rings. The number of thiocarbonyl (C=S) groups is 1. The maximum atomic E-state index is 14.4. The zero-order valence-electron chi connectivity index (χ0n) is 17.5. The van der Waals surface area contributed by atoms with Gasteiger partial charge in [-0.15, -0.1) is 11.3 Å². The molecule has 0 radical (unpaired) electrons. The van der Waals surface area contributed by atoms with Gasteiger partial charge in [0.2, 0.25) is 5.82 Å². The van der Waals surface area contributed by atoms with Crippen LogP contribution >= 0.6 is 35.2 Å². The molecule has 0 fully saturated rings. The molecule has 3 heterocycles. The summed E-state index contributed by atoms with van der Waals surface area (Å²) in [5.41, 5.74) is 3.06. The average molecular weight is 497 g/mol. The van der Waals surface area contributed by atoms with Crippen LogP contribution in [0.1, 0.15) is 30.0 Å². The van der Waals surface area contributed by atoms with E-state index < -0.39 is 0 Å². The smallest absolute Gasteiger partial charge is 0.258 e. The number of thiophene rings is 1. The van der Waals surface area contributed by atoms with Crippen molar-refractivity contribution in [2.75, 3.05) is 0 Å². The third kappa shape index (κ3) is 4.29. The monoisotopic (exact) mass is 496 g/mol. The van der Waals surface area contributed by atoms with Crippen molar-refractivity contribution in [1.29, 1.82) is 0 Å². The van der Waals surface area contributed by atoms with E-state index in [9.17, 15) is 4.39 Å². The molecule has 1 atom stereocenters. The summed E-state index contributed by atoms with van der Waals surface area (Å²) in [7, 11) is 0. The highest BCUT2D eigenvalue weighted by Gasteiger charge is 2.34. The van der Waals surface area contributed by atoms with Gasteiger partial charge in [-0.05, 0) is 54.4 Å². The Hall–Kier alpha value is -3.07. The number of benzene rings is 2. The molecule has 0 saturated heterocycles. The highest BCUT2D eigenvalue weighted by molar-refractivity contribution is 7.80. The van der Waals surface area contributed by atoms with Crippen molar-refractivity contribution in [2.24, 2.45) is 0 Å². The van der Waals surface area contributed by atoms with Crippen molar-refractivity contribution >= 4 is 45.8 Å². The Morgan fingerprint density at radius 1 is 1.15 bits per heavy atom. The molecule has 0 amide bonds. The number of nitrogens with zero attached hydrogens (tertiary/aromatic N) is 3. The predicted octanol–water partition coefficient (Wildman–Crippen LogP) is 6.45. The van der Waals surface area contributed by atoms with Gasteiger partial charge in [0.15, 0.2) is 5.11 Å². The Morgan fingerprint density at radius 3 is 2.67 bits per heavy atom. The molecule has 1 unspecified atom stereocenters. The van der Waals surface area contributed by atoms with Gasteiger partial charge in [0.05, 0.1) is 23.0 Å². The fourth-order valence-electron chi connectivity index (χ4n) is 3.79. The molecule has 1 aliphatic heterocycles. The zero-order chi connectivity index (χ0) is 22.9. The van der Waals surface area contributed by atoms with Crippen LogP contribution in [0, 0.1) is 5.82 Å². The molecule has 0 aliphatic carbocycles. The fraction of sp³-hybridized carbons (Fsp3) is 0.125. The van der Waals surface area contributed by atoms with Gasteiger partial charge in [-0.1, -0.05) is 53.2 Å². The fourth-order valence-corrected chi connectivity index (χ4v) is 4.88. The molecule has 1 aliphatic rings. The SMILES string of the molecule is CC1=C(c2nc(-c3cccs3)no2)C(c2ccc(Cl)cc2)NC(=S)N1Cc1ccccc1F. The van der Waals surface area contributed by atoms with Crippen LogP contribution in [0.25, 0.3) is 16.3 Å². The van der Waals surface area contributed by atoms with E-state index in [1.807, 2.05) is 53.6 Å². The van der Waals surface area contributed by atoms with E-state index in [-0.39, 0.29) is 18.4 Å². The predicted molar refractivity (Wildman–Crippen MR) is 132 cm³/mol. The lowest BCUT2D eigenvalue weighted by Crippen LogP contribution is -2.45. The number of aromatic nitrogens is 2. The molecule has 1 N–H and O–H groups in total. The van der Waals surface area contributed by atoms with Crippen molar-refractivity contribution in [2.45, 2.75) is 19.5 Å². The highest BCUT2D eigenvalue weighted by Crippen LogP contribution is 2.38. The Bertz CT molecular complexity index is 1330. The molecule has 166 valence electrons. The quantitative estimate of drug-likeness (QED) is 0.320. The van der Waals surface area contributed by atoms with E-state index in [2.05, 4.69) is 15.5 Å². The van der Waals surface area contributed by atoms with Gasteiger partial charge in [-0.3, -0.25) is 0 Å². The van der Waals surface area contributed by atoms with Crippen LogP contribution < -0.4 is 5.32 Å². The first-order valence-corrected chi connectivity index (χ1v) is 11.8. The van der Waals surface area contributed by atoms with Crippen LogP contribution in [0.3, 0.4) is 0 Å². The second-order valence-electron chi connectivity index (χ2n) is 7.51. The summed E-state index contributed by atoms with van der Waals surface area (Å²) < 4.78 is 20.1. The number of nitrogens with one attached hydrogen (secondary N) is 1. The topological polar surface area (TPSA) is 54.2 Å². The van der Waals surface area contributed by atoms with Crippen molar-refractivity contribution in [1.82, 2.24) is 20.4 Å². The van der Waals surface area contributed by atoms with Crippen molar-refractivity contribution < 1.29 is 8.91 Å². The highest BCUT2D eigenvalue weighted by atomic mass is 35.5. The van der Waals surface area contributed by atoms with Gasteiger partial charge in [-0.2, -0.15) is 4.98 Å². The van der Waals surface area contributed by atoms with Crippen molar-refractivity contribution in [3.8, 4) is 10.7 Å². The Labute approximate surface area is 204 Å². The Balaban J connectivity index is 1.61. The molecule has 33 heavy (non-hydrogen) atoms. The summed E-state index contributed by atoms with van der Waals surface area (Å²) in [6.45, 7) is 2.20. The van der Waals surface area contributed by atoms with E-state index in [4.69, 9.17) is 28.3 Å². The van der Waals surface area contributed by atoms with Gasteiger partial charge < -0.3 is 14.7 Å². The van der Waals surface area contributed by atoms with E-state index in [0.29, 0.717) is 27.4 Å². The normalized spacial score (nSPS) is 16.3. The van der Waals surface area contributed by atoms with Crippen LogP contribution in [0.2, 0.25) is 5.02 Å². The Morgan fingerprint density at radius 2 is 1.94 bits per heavy atom. The van der Waals surface area contributed by atoms with Crippen molar-refractivity contribution in [3.05, 3.63) is 99.6 Å². The van der Waals surface area contributed by atoms with Crippen LogP contribution in [0.5, 0.6) is 0 Å². The summed E-state index contributed by atoms with van der Waals surface area (Å²) in [4.78, 5) is 7.43. The summed E-state index contributed by atoms with van der Waals surface area (Å²) in [6, 6.07) is 17.7. The van der Waals surface area contributed by atoms with Gasteiger partial charge in [-0.25, -0.2) is 4.39 Å². The summed E-state index contributed by atoms with van der Waals surface area (Å²) in [5.74, 6) is 0.612. The molecular weight excluding hydrogens is 479 g/mol. The minimum atomic E-state index is -0.330. The molecule has 2 aromatic heterocycles. The lowest BCUT2D eigenvalue weighted by molar-refractivity contribution is 0.395. The van der Waals surface area contributed by atoms with Gasteiger partial charge in [0.1, 0.15) is 5.82 Å². The van der Waals surface area contributed by atoms with Gasteiger partial charge >= 0.3 is 0 Å². The first kappa shape index (κ1) is 21.8. The van der Waals surface area contributed by atoms with Crippen LogP contribution in [0.4, 0.5) is 4.39 Å². The molecule has 5 rings (SSSR count). The van der Waals surface area contributed by atoms with E-state index in [1.54, 1.807) is 18.2 Å². The lowest BCUT2D eigenvalue weighted by Gasteiger charge is -2.37. The van der Waals surface area contributed by atoms with E-state index >= 15 is 0 Å². The molecular formula is C24H18ClFN4OS2.